The summed E-state index contributed by atoms with van der Waals surface area (Å²) in [6.07, 6.45) is 0. The summed E-state index contributed by atoms with van der Waals surface area (Å²) < 4.78 is 5.75. The van der Waals surface area contributed by atoms with E-state index in [1.54, 1.807) is 18.2 Å². The van der Waals surface area contributed by atoms with E-state index >= 15 is 0 Å². The molecule has 0 aliphatic heterocycles. The van der Waals surface area contributed by atoms with Crippen LogP contribution in [0.25, 0.3) is 11.5 Å². The van der Waals surface area contributed by atoms with Crippen LogP contribution in [0.2, 0.25) is 10.0 Å². The van der Waals surface area contributed by atoms with E-state index in [-0.39, 0.29) is 11.7 Å². The number of benzene rings is 2. The molecule has 0 radical (unpaired) electrons. The molecule has 0 saturated carbocycles. The molecular formula is C18H16Cl2N4O3. The fourth-order valence-electron chi connectivity index (χ4n) is 2.51. The Morgan fingerprint density at radius 3 is 2.56 bits per heavy atom. The second kappa shape index (κ2) is 8.04. The lowest BCUT2D eigenvalue weighted by Crippen LogP contribution is -2.22. The van der Waals surface area contributed by atoms with Crippen molar-refractivity contribution in [2.75, 3.05) is 7.05 Å². The number of nitro groups is 1. The van der Waals surface area contributed by atoms with E-state index in [9.17, 15) is 10.1 Å². The van der Waals surface area contributed by atoms with Crippen LogP contribution < -0.4 is 0 Å². The molecule has 3 aromatic rings. The van der Waals surface area contributed by atoms with Crippen LogP contribution in [0.3, 0.4) is 0 Å². The molecule has 3 rings (SSSR count). The Kier molecular flexibility index (Phi) is 5.74. The van der Waals surface area contributed by atoms with Crippen LogP contribution in [0.5, 0.6) is 0 Å². The lowest BCUT2D eigenvalue weighted by molar-refractivity contribution is -0.384. The monoisotopic (exact) mass is 406 g/mol. The van der Waals surface area contributed by atoms with Gasteiger partial charge in [-0.15, -0.1) is 10.2 Å². The standard InChI is InChI=1S/C18H16Cl2N4O3/c1-11(23(2)10-13-4-3-5-15(19)16(13)20)17-21-22-18(27-17)12-6-8-14(9-7-12)24(25)26/h3-9,11H,10H2,1-2H3/t11-/m0/s1. The maximum atomic E-state index is 10.7. The first-order valence-corrected chi connectivity index (χ1v) is 8.83. The molecule has 0 amide bonds. The van der Waals surface area contributed by atoms with Crippen LogP contribution in [0, 0.1) is 10.1 Å². The van der Waals surface area contributed by atoms with Gasteiger partial charge in [0.1, 0.15) is 0 Å². The van der Waals surface area contributed by atoms with Crippen LogP contribution in [-0.4, -0.2) is 27.1 Å². The third kappa shape index (κ3) is 4.27. The van der Waals surface area contributed by atoms with E-state index in [1.807, 2.05) is 31.0 Å². The zero-order valence-corrected chi connectivity index (χ0v) is 16.1. The first-order valence-electron chi connectivity index (χ1n) is 8.08. The van der Waals surface area contributed by atoms with Crippen LogP contribution in [0.1, 0.15) is 24.4 Å². The largest absolute Gasteiger partial charge is 0.419 e. The van der Waals surface area contributed by atoms with Gasteiger partial charge in [-0.2, -0.15) is 0 Å². The number of aromatic nitrogens is 2. The van der Waals surface area contributed by atoms with Crippen molar-refractivity contribution in [3.8, 4) is 11.5 Å². The van der Waals surface area contributed by atoms with Crippen molar-refractivity contribution < 1.29 is 9.34 Å². The minimum atomic E-state index is -0.457. The van der Waals surface area contributed by atoms with E-state index in [0.29, 0.717) is 33.9 Å². The average molecular weight is 407 g/mol. The molecule has 2 aromatic carbocycles. The Morgan fingerprint density at radius 1 is 1.19 bits per heavy atom. The highest BCUT2D eigenvalue weighted by atomic mass is 35.5. The normalized spacial score (nSPS) is 12.3. The Hall–Kier alpha value is -2.48. The minimum absolute atomic E-state index is 0.00462. The molecule has 140 valence electrons. The Bertz CT molecular complexity index is 959. The van der Waals surface area contributed by atoms with E-state index in [2.05, 4.69) is 10.2 Å². The van der Waals surface area contributed by atoms with Gasteiger partial charge in [-0.1, -0.05) is 35.3 Å². The second-order valence-electron chi connectivity index (χ2n) is 6.05. The minimum Gasteiger partial charge on any atom is -0.419 e. The molecule has 0 saturated heterocycles. The van der Waals surface area contributed by atoms with Crippen molar-refractivity contribution in [1.29, 1.82) is 0 Å². The van der Waals surface area contributed by atoms with Crippen LogP contribution in [0.15, 0.2) is 46.9 Å². The van der Waals surface area contributed by atoms with Crippen molar-refractivity contribution >= 4 is 28.9 Å². The molecule has 0 aliphatic carbocycles. The highest BCUT2D eigenvalue weighted by Crippen LogP contribution is 2.29. The van der Waals surface area contributed by atoms with Gasteiger partial charge in [0, 0.05) is 24.2 Å². The van der Waals surface area contributed by atoms with Crippen molar-refractivity contribution in [3.63, 3.8) is 0 Å². The average Bonchev–Trinajstić information content (AvgIpc) is 3.15. The van der Waals surface area contributed by atoms with Gasteiger partial charge in [0.15, 0.2) is 0 Å². The van der Waals surface area contributed by atoms with E-state index in [1.165, 1.54) is 12.1 Å². The molecule has 1 aromatic heterocycles. The Labute approximate surface area is 165 Å². The smallest absolute Gasteiger partial charge is 0.269 e. The predicted octanol–water partition coefficient (Wildman–Crippen LogP) is 5.14. The molecule has 1 heterocycles. The van der Waals surface area contributed by atoms with Gasteiger partial charge in [-0.25, -0.2) is 0 Å². The molecule has 0 unspecified atom stereocenters. The highest BCUT2D eigenvalue weighted by Gasteiger charge is 2.20. The van der Waals surface area contributed by atoms with Gasteiger partial charge in [0.25, 0.3) is 5.69 Å². The maximum Gasteiger partial charge on any atom is 0.269 e. The lowest BCUT2D eigenvalue weighted by Gasteiger charge is -2.22. The molecule has 0 spiro atoms. The van der Waals surface area contributed by atoms with Crippen molar-refractivity contribution in [2.45, 2.75) is 19.5 Å². The van der Waals surface area contributed by atoms with Crippen molar-refractivity contribution in [3.05, 3.63) is 74.1 Å². The van der Waals surface area contributed by atoms with Crippen LogP contribution >= 0.6 is 23.2 Å². The molecule has 1 atom stereocenters. The summed E-state index contributed by atoms with van der Waals surface area (Å²) in [6, 6.07) is 11.3. The zero-order valence-electron chi connectivity index (χ0n) is 14.6. The Morgan fingerprint density at radius 2 is 1.89 bits per heavy atom. The quantitative estimate of drug-likeness (QED) is 0.415. The summed E-state index contributed by atoms with van der Waals surface area (Å²) in [7, 11) is 1.91. The predicted molar refractivity (Wildman–Crippen MR) is 103 cm³/mol. The lowest BCUT2D eigenvalue weighted by atomic mass is 10.2. The van der Waals surface area contributed by atoms with Gasteiger partial charge in [-0.05, 0) is 37.7 Å². The van der Waals surface area contributed by atoms with E-state index in [0.717, 1.165) is 5.56 Å². The zero-order chi connectivity index (χ0) is 19.6. The number of rotatable bonds is 6. The number of halogens is 2. The summed E-state index contributed by atoms with van der Waals surface area (Å²) in [5, 5.41) is 19.9. The molecule has 9 heteroatoms. The molecular weight excluding hydrogens is 391 g/mol. The number of hydrogen-bond acceptors (Lipinski definition) is 6. The number of nitrogens with zero attached hydrogens (tertiary/aromatic N) is 4. The van der Waals surface area contributed by atoms with Gasteiger partial charge >= 0.3 is 0 Å². The van der Waals surface area contributed by atoms with E-state index in [4.69, 9.17) is 27.6 Å². The molecule has 0 aliphatic rings. The van der Waals surface area contributed by atoms with Crippen molar-refractivity contribution in [1.82, 2.24) is 15.1 Å². The second-order valence-corrected chi connectivity index (χ2v) is 6.84. The van der Waals surface area contributed by atoms with Crippen LogP contribution in [0.4, 0.5) is 5.69 Å². The van der Waals surface area contributed by atoms with Gasteiger partial charge in [0.05, 0.1) is 21.0 Å². The molecule has 27 heavy (non-hydrogen) atoms. The first-order chi connectivity index (χ1) is 12.9. The van der Waals surface area contributed by atoms with Crippen molar-refractivity contribution in [2.24, 2.45) is 0 Å². The Balaban J connectivity index is 1.75. The fourth-order valence-corrected chi connectivity index (χ4v) is 2.89. The highest BCUT2D eigenvalue weighted by molar-refractivity contribution is 6.42. The first kappa shape index (κ1) is 19.3. The van der Waals surface area contributed by atoms with E-state index < -0.39 is 4.92 Å². The third-order valence-corrected chi connectivity index (χ3v) is 5.09. The summed E-state index contributed by atoms with van der Waals surface area (Å²) >= 11 is 12.3. The molecule has 0 N–H and O–H groups in total. The summed E-state index contributed by atoms with van der Waals surface area (Å²) in [5.74, 6) is 0.741. The summed E-state index contributed by atoms with van der Waals surface area (Å²) in [4.78, 5) is 12.3. The molecule has 7 nitrogen and oxygen atoms in total. The van der Waals surface area contributed by atoms with Gasteiger partial charge < -0.3 is 4.42 Å². The van der Waals surface area contributed by atoms with Gasteiger partial charge in [0.2, 0.25) is 11.8 Å². The summed E-state index contributed by atoms with van der Waals surface area (Å²) in [5.41, 5.74) is 1.52. The number of nitro benzene ring substituents is 1. The number of hydrogen-bond donors (Lipinski definition) is 0. The fraction of sp³-hybridized carbons (Fsp3) is 0.222. The molecule has 0 fully saturated rings. The van der Waals surface area contributed by atoms with Gasteiger partial charge in [-0.3, -0.25) is 15.0 Å². The maximum absolute atomic E-state index is 10.7. The van der Waals surface area contributed by atoms with Crippen LogP contribution in [-0.2, 0) is 6.54 Å². The molecule has 0 bridgehead atoms. The third-order valence-electron chi connectivity index (χ3n) is 4.24. The summed E-state index contributed by atoms with van der Waals surface area (Å²) in [6.45, 7) is 2.49. The SMILES string of the molecule is C[C@@H](c1nnc(-c2ccc([N+](=O)[O-])cc2)o1)N(C)Cc1cccc(Cl)c1Cl. The number of non-ortho nitro benzene ring substituents is 1. The topological polar surface area (TPSA) is 85.3 Å².